The molecule has 9 heteroatoms. The Morgan fingerprint density at radius 3 is 2.18 bits per heavy atom. The van der Waals surface area contributed by atoms with E-state index in [4.69, 9.17) is 0 Å². The predicted octanol–water partition coefficient (Wildman–Crippen LogP) is 1.69. The Hall–Kier alpha value is -2.75. The molecule has 2 aromatic rings. The topological polar surface area (TPSA) is 90.0 Å². The molecule has 2 fully saturated rings. The molecule has 1 N–H and O–H groups in total. The van der Waals surface area contributed by atoms with E-state index in [1.165, 1.54) is 9.87 Å². The number of sulfonamides is 1. The fraction of sp³-hybridized carbons (Fsp3) is 0.440. The van der Waals surface area contributed by atoms with Crippen LogP contribution in [-0.2, 0) is 26.2 Å². The van der Waals surface area contributed by atoms with Gasteiger partial charge in [-0.05, 0) is 24.1 Å². The molecule has 2 aromatic carbocycles. The summed E-state index contributed by atoms with van der Waals surface area (Å²) < 4.78 is 26.9. The third-order valence-electron chi connectivity index (χ3n) is 6.42. The highest BCUT2D eigenvalue weighted by Crippen LogP contribution is 2.18. The summed E-state index contributed by atoms with van der Waals surface area (Å²) in [7, 11) is -3.55. The van der Waals surface area contributed by atoms with Gasteiger partial charge in [-0.3, -0.25) is 14.5 Å². The summed E-state index contributed by atoms with van der Waals surface area (Å²) in [4.78, 5) is 29.2. The van der Waals surface area contributed by atoms with Crippen molar-refractivity contribution in [3.63, 3.8) is 0 Å². The van der Waals surface area contributed by atoms with Crippen molar-refractivity contribution in [3.8, 4) is 0 Å². The molecular weight excluding hydrogens is 452 g/mol. The molecule has 34 heavy (non-hydrogen) atoms. The van der Waals surface area contributed by atoms with E-state index in [2.05, 4.69) is 22.3 Å². The van der Waals surface area contributed by atoms with Gasteiger partial charge in [-0.2, -0.15) is 4.31 Å². The lowest BCUT2D eigenvalue weighted by molar-refractivity contribution is -0.134. The van der Waals surface area contributed by atoms with Gasteiger partial charge in [-0.15, -0.1) is 0 Å². The molecule has 0 aliphatic carbocycles. The van der Waals surface area contributed by atoms with Crippen LogP contribution < -0.4 is 5.32 Å². The van der Waals surface area contributed by atoms with E-state index in [0.717, 1.165) is 26.1 Å². The summed E-state index contributed by atoms with van der Waals surface area (Å²) in [6.07, 6.45) is 1.19. The molecular formula is C25H32N4O4S. The first kappa shape index (κ1) is 24.4. The summed E-state index contributed by atoms with van der Waals surface area (Å²) in [5, 5.41) is 3.06. The van der Waals surface area contributed by atoms with Crippen LogP contribution >= 0.6 is 0 Å². The fourth-order valence-electron chi connectivity index (χ4n) is 4.53. The number of piperazine rings is 1. The second kappa shape index (κ2) is 11.1. The summed E-state index contributed by atoms with van der Waals surface area (Å²) >= 11 is 0. The minimum Gasteiger partial charge on any atom is -0.352 e. The Labute approximate surface area is 201 Å². The number of carbonyl (C=O) groups excluding carboxylic acids is 2. The van der Waals surface area contributed by atoms with Crippen LogP contribution in [0, 0.1) is 0 Å². The van der Waals surface area contributed by atoms with Crippen LogP contribution in [0.1, 0.15) is 24.8 Å². The Bertz CT molecular complexity index is 1070. The van der Waals surface area contributed by atoms with Crippen molar-refractivity contribution in [1.82, 2.24) is 19.4 Å². The highest BCUT2D eigenvalue weighted by Gasteiger charge is 2.30. The van der Waals surface area contributed by atoms with Gasteiger partial charge in [-0.1, -0.05) is 48.5 Å². The van der Waals surface area contributed by atoms with Gasteiger partial charge in [0.15, 0.2) is 0 Å². The lowest BCUT2D eigenvalue weighted by Crippen LogP contribution is -2.50. The van der Waals surface area contributed by atoms with Gasteiger partial charge < -0.3 is 10.2 Å². The third-order valence-corrected chi connectivity index (χ3v) is 8.34. The summed E-state index contributed by atoms with van der Waals surface area (Å²) in [5.74, 6) is -0.214. The van der Waals surface area contributed by atoms with Crippen LogP contribution in [0.3, 0.4) is 0 Å². The lowest BCUT2D eigenvalue weighted by Gasteiger charge is -2.34. The van der Waals surface area contributed by atoms with Gasteiger partial charge in [0.2, 0.25) is 21.8 Å². The number of nitrogens with one attached hydrogen (secondary N) is 1. The van der Waals surface area contributed by atoms with Gasteiger partial charge in [0.05, 0.1) is 4.90 Å². The smallest absolute Gasteiger partial charge is 0.243 e. The van der Waals surface area contributed by atoms with E-state index in [-0.39, 0.29) is 48.7 Å². The second-order valence-corrected chi connectivity index (χ2v) is 10.8. The van der Waals surface area contributed by atoms with Crippen molar-refractivity contribution < 1.29 is 18.0 Å². The van der Waals surface area contributed by atoms with Crippen LogP contribution in [-0.4, -0.2) is 79.6 Å². The molecule has 8 nitrogen and oxygen atoms in total. The highest BCUT2D eigenvalue weighted by atomic mass is 32.2. The number of likely N-dealkylation sites (tertiary alicyclic amines) is 1. The molecule has 0 unspecified atom stereocenters. The molecule has 2 amide bonds. The van der Waals surface area contributed by atoms with Gasteiger partial charge in [-0.25, -0.2) is 8.42 Å². The molecule has 1 atom stereocenters. The summed E-state index contributed by atoms with van der Waals surface area (Å²) in [6.45, 7) is 3.81. The zero-order chi connectivity index (χ0) is 24.0. The van der Waals surface area contributed by atoms with Crippen molar-refractivity contribution in [2.24, 2.45) is 0 Å². The van der Waals surface area contributed by atoms with Crippen LogP contribution in [0.15, 0.2) is 65.6 Å². The average molecular weight is 485 g/mol. The van der Waals surface area contributed by atoms with Crippen molar-refractivity contribution >= 4 is 21.8 Å². The minimum atomic E-state index is -3.55. The molecule has 2 heterocycles. The first-order chi connectivity index (χ1) is 16.4. The van der Waals surface area contributed by atoms with E-state index in [1.807, 2.05) is 18.2 Å². The van der Waals surface area contributed by atoms with E-state index in [0.29, 0.717) is 13.1 Å². The molecule has 2 saturated heterocycles. The Morgan fingerprint density at radius 1 is 0.853 bits per heavy atom. The number of nitrogens with zero attached hydrogens (tertiary/aromatic N) is 3. The number of amides is 2. The molecule has 0 saturated carbocycles. The van der Waals surface area contributed by atoms with Crippen LogP contribution in [0.4, 0.5) is 0 Å². The average Bonchev–Trinajstić information content (AvgIpc) is 3.30. The molecule has 182 valence electrons. The van der Waals surface area contributed by atoms with Crippen LogP contribution in [0.5, 0.6) is 0 Å². The fourth-order valence-corrected chi connectivity index (χ4v) is 5.98. The number of rotatable bonds is 8. The first-order valence-corrected chi connectivity index (χ1v) is 13.2. The highest BCUT2D eigenvalue weighted by molar-refractivity contribution is 7.89. The number of benzene rings is 2. The van der Waals surface area contributed by atoms with Crippen molar-refractivity contribution in [2.75, 3.05) is 39.3 Å². The van der Waals surface area contributed by atoms with Gasteiger partial charge in [0, 0.05) is 64.7 Å². The van der Waals surface area contributed by atoms with Crippen molar-refractivity contribution in [1.29, 1.82) is 0 Å². The first-order valence-electron chi connectivity index (χ1n) is 11.8. The van der Waals surface area contributed by atoms with Gasteiger partial charge in [0.1, 0.15) is 0 Å². The molecule has 0 radical (unpaired) electrons. The van der Waals surface area contributed by atoms with Crippen molar-refractivity contribution in [2.45, 2.75) is 36.7 Å². The lowest BCUT2D eigenvalue weighted by atomic mass is 10.2. The zero-order valence-electron chi connectivity index (χ0n) is 19.3. The van der Waals surface area contributed by atoms with E-state index >= 15 is 0 Å². The quantitative estimate of drug-likeness (QED) is 0.616. The van der Waals surface area contributed by atoms with Crippen LogP contribution in [0.2, 0.25) is 0 Å². The van der Waals surface area contributed by atoms with Crippen molar-refractivity contribution in [3.05, 3.63) is 66.2 Å². The maximum atomic E-state index is 12.7. The van der Waals surface area contributed by atoms with E-state index in [9.17, 15) is 18.0 Å². The van der Waals surface area contributed by atoms with E-state index in [1.54, 1.807) is 35.2 Å². The van der Waals surface area contributed by atoms with Crippen LogP contribution in [0.25, 0.3) is 0 Å². The number of hydrogen-bond donors (Lipinski definition) is 1. The normalized spacial score (nSPS) is 19.8. The third kappa shape index (κ3) is 6.22. The summed E-state index contributed by atoms with van der Waals surface area (Å²) in [5.41, 5.74) is 1.26. The summed E-state index contributed by atoms with van der Waals surface area (Å²) in [6, 6.07) is 18.7. The van der Waals surface area contributed by atoms with Gasteiger partial charge in [0.25, 0.3) is 0 Å². The maximum absolute atomic E-state index is 12.7. The minimum absolute atomic E-state index is 0.106. The largest absolute Gasteiger partial charge is 0.352 e. The second-order valence-electron chi connectivity index (χ2n) is 8.87. The standard InChI is InChI=1S/C25H32N4O4S/c30-24(26-22-13-14-27(20-22)19-21-7-3-1-4-8-21)11-12-25(31)28-15-17-29(18-16-28)34(32,33)23-9-5-2-6-10-23/h1-10,22H,11-20H2,(H,26,30)/t22-/m0/s1. The maximum Gasteiger partial charge on any atom is 0.243 e. The Balaban J connectivity index is 1.16. The number of carbonyl (C=O) groups is 2. The predicted molar refractivity (Wildman–Crippen MR) is 129 cm³/mol. The molecule has 2 aliphatic rings. The Kier molecular flexibility index (Phi) is 7.97. The van der Waals surface area contributed by atoms with E-state index < -0.39 is 10.0 Å². The number of hydrogen-bond acceptors (Lipinski definition) is 5. The Morgan fingerprint density at radius 2 is 1.50 bits per heavy atom. The molecule has 0 aromatic heterocycles. The zero-order valence-corrected chi connectivity index (χ0v) is 20.1. The van der Waals surface area contributed by atoms with Gasteiger partial charge >= 0.3 is 0 Å². The molecule has 4 rings (SSSR count). The molecule has 0 bridgehead atoms. The molecule has 2 aliphatic heterocycles. The monoisotopic (exact) mass is 484 g/mol. The SMILES string of the molecule is O=C(CCC(=O)N1CCN(S(=O)(=O)c2ccccc2)CC1)N[C@H]1CCN(Cc2ccccc2)C1. The molecule has 0 spiro atoms.